The van der Waals surface area contributed by atoms with Gasteiger partial charge in [0.05, 0.1) is 0 Å². The summed E-state index contributed by atoms with van der Waals surface area (Å²) in [4.78, 5) is 14.9. The number of nitrogens with zero attached hydrogens (tertiary/aromatic N) is 1. The fourth-order valence-corrected chi connectivity index (χ4v) is 4.77. The number of hydrogen-bond donors (Lipinski definition) is 1. The number of amides is 1. The number of alkyl halides is 2. The van der Waals surface area contributed by atoms with Crippen LogP contribution in [-0.2, 0) is 4.79 Å². The largest absolute Gasteiger partial charge is 0.341 e. The van der Waals surface area contributed by atoms with E-state index in [1.54, 1.807) is 12.1 Å². The van der Waals surface area contributed by atoms with Crippen molar-refractivity contribution < 1.29 is 13.6 Å². The van der Waals surface area contributed by atoms with E-state index in [-0.39, 0.29) is 23.3 Å². The molecule has 3 nitrogen and oxygen atoms in total. The maximum atomic E-state index is 13.3. The van der Waals surface area contributed by atoms with Gasteiger partial charge in [-0.3, -0.25) is 9.93 Å². The Balaban J connectivity index is 1.57. The van der Waals surface area contributed by atoms with Gasteiger partial charge >= 0.3 is 0 Å². The lowest BCUT2D eigenvalue weighted by molar-refractivity contribution is -0.133. The third kappa shape index (κ3) is 3.94. The van der Waals surface area contributed by atoms with Gasteiger partial charge in [0.15, 0.2) is 0 Å². The number of piperidine rings is 1. The highest BCUT2D eigenvalue weighted by Crippen LogP contribution is 2.52. The van der Waals surface area contributed by atoms with E-state index in [0.717, 1.165) is 42.5 Å². The van der Waals surface area contributed by atoms with Gasteiger partial charge in [-0.2, -0.15) is 0 Å². The molecule has 28 heavy (non-hydrogen) atoms. The second-order valence-electron chi connectivity index (χ2n) is 7.65. The molecule has 0 aromatic heterocycles. The average Bonchev–Trinajstić information content (AvgIpc) is 3.54. The number of carbonyl (C=O) groups is 1. The summed E-state index contributed by atoms with van der Waals surface area (Å²) in [6, 6.07) is 14.4. The van der Waals surface area contributed by atoms with Crippen molar-refractivity contribution in [2.75, 3.05) is 13.1 Å². The van der Waals surface area contributed by atoms with Gasteiger partial charge in [0.1, 0.15) is 0 Å². The van der Waals surface area contributed by atoms with E-state index in [0.29, 0.717) is 11.8 Å². The minimum absolute atomic E-state index is 0.0185. The highest BCUT2D eigenvalue weighted by molar-refractivity contribution is 7.97. The number of halogens is 2. The van der Waals surface area contributed by atoms with Gasteiger partial charge in [0.2, 0.25) is 5.91 Å². The third-order valence-corrected chi connectivity index (χ3v) is 6.57. The van der Waals surface area contributed by atoms with E-state index in [1.165, 1.54) is 18.0 Å². The molecule has 1 aliphatic carbocycles. The van der Waals surface area contributed by atoms with Gasteiger partial charge in [-0.1, -0.05) is 54.4 Å². The van der Waals surface area contributed by atoms with Gasteiger partial charge in [-0.25, -0.2) is 8.78 Å². The van der Waals surface area contributed by atoms with E-state index < -0.39 is 6.43 Å². The number of hydrogen-bond acceptors (Lipinski definition) is 3. The van der Waals surface area contributed by atoms with Gasteiger partial charge in [0, 0.05) is 29.8 Å². The molecular formula is C22H24F2N2OS. The number of rotatable bonds is 5. The van der Waals surface area contributed by atoms with E-state index in [9.17, 15) is 13.6 Å². The van der Waals surface area contributed by atoms with Crippen LogP contribution in [0.5, 0.6) is 0 Å². The third-order valence-electron chi connectivity index (χ3n) is 5.80. The van der Waals surface area contributed by atoms with E-state index >= 15 is 0 Å². The number of nitrogens with two attached hydrogens (primary N) is 1. The zero-order valence-corrected chi connectivity index (χ0v) is 16.4. The lowest BCUT2D eigenvalue weighted by Gasteiger charge is -2.31. The molecule has 6 heteroatoms. The molecule has 1 saturated heterocycles. The standard InChI is InChI=1S/C22H24F2N2OS/c23-21(24)15-8-9-17(18(11-15)14-5-2-1-3-6-14)19-12-20(19)22(27)26-10-4-7-16(13-26)28-25/h1-3,5-6,8-9,11,16,19-21H,4,7,10,12-13,25H2. The average molecular weight is 403 g/mol. The van der Waals surface area contributed by atoms with Crippen molar-refractivity contribution in [2.24, 2.45) is 11.1 Å². The first kappa shape index (κ1) is 19.4. The maximum absolute atomic E-state index is 13.3. The monoisotopic (exact) mass is 402 g/mol. The Morgan fingerprint density at radius 1 is 1.18 bits per heavy atom. The first-order valence-corrected chi connectivity index (χ1v) is 10.6. The van der Waals surface area contributed by atoms with Crippen LogP contribution < -0.4 is 5.14 Å². The van der Waals surface area contributed by atoms with Crippen LogP contribution in [0.1, 0.15) is 42.7 Å². The molecule has 0 spiro atoms. The molecule has 2 aliphatic rings. The van der Waals surface area contributed by atoms with Crippen LogP contribution >= 0.6 is 11.9 Å². The van der Waals surface area contributed by atoms with Crippen LogP contribution in [0.2, 0.25) is 0 Å². The second kappa shape index (κ2) is 8.21. The van der Waals surface area contributed by atoms with Crippen molar-refractivity contribution in [3.8, 4) is 11.1 Å². The topological polar surface area (TPSA) is 46.3 Å². The molecule has 2 aromatic rings. The van der Waals surface area contributed by atoms with Crippen LogP contribution in [0.25, 0.3) is 11.1 Å². The Bertz CT molecular complexity index is 846. The molecule has 148 valence electrons. The van der Waals surface area contributed by atoms with Gasteiger partial charge in [-0.05, 0) is 47.9 Å². The predicted molar refractivity (Wildman–Crippen MR) is 109 cm³/mol. The molecule has 0 radical (unpaired) electrons. The molecule has 2 N–H and O–H groups in total. The van der Waals surface area contributed by atoms with Gasteiger partial charge in [-0.15, -0.1) is 0 Å². The Hall–Kier alpha value is -1.92. The number of benzene rings is 2. The van der Waals surface area contributed by atoms with Crippen LogP contribution in [0.3, 0.4) is 0 Å². The molecule has 4 rings (SSSR count). The van der Waals surface area contributed by atoms with Crippen molar-refractivity contribution in [3.63, 3.8) is 0 Å². The Labute approximate surface area is 168 Å². The van der Waals surface area contributed by atoms with E-state index in [2.05, 4.69) is 0 Å². The van der Waals surface area contributed by atoms with Crippen molar-refractivity contribution >= 4 is 17.9 Å². The van der Waals surface area contributed by atoms with Crippen LogP contribution in [0, 0.1) is 5.92 Å². The molecule has 3 unspecified atom stereocenters. The summed E-state index contributed by atoms with van der Waals surface area (Å²) in [5.41, 5.74) is 2.74. The summed E-state index contributed by atoms with van der Waals surface area (Å²) in [5, 5.41) is 6.02. The highest BCUT2D eigenvalue weighted by atomic mass is 32.2. The molecule has 3 atom stereocenters. The van der Waals surface area contributed by atoms with Crippen LogP contribution in [0.15, 0.2) is 48.5 Å². The summed E-state index contributed by atoms with van der Waals surface area (Å²) < 4.78 is 26.5. The molecular weight excluding hydrogens is 378 g/mol. The lowest BCUT2D eigenvalue weighted by Crippen LogP contribution is -2.42. The minimum Gasteiger partial charge on any atom is -0.341 e. The molecule has 0 bridgehead atoms. The van der Waals surface area contributed by atoms with Crippen LogP contribution in [0.4, 0.5) is 8.78 Å². The van der Waals surface area contributed by atoms with E-state index in [1.807, 2.05) is 35.2 Å². The molecule has 1 saturated carbocycles. The Morgan fingerprint density at radius 3 is 2.68 bits per heavy atom. The molecule has 1 aliphatic heterocycles. The summed E-state index contributed by atoms with van der Waals surface area (Å²) in [5.74, 6) is 0.224. The fourth-order valence-electron chi connectivity index (χ4n) is 4.20. The fraction of sp³-hybridized carbons (Fsp3) is 0.409. The number of likely N-dealkylation sites (tertiary alicyclic amines) is 1. The maximum Gasteiger partial charge on any atom is 0.263 e. The number of carbonyl (C=O) groups excluding carboxylic acids is 1. The molecule has 1 heterocycles. The first-order chi connectivity index (χ1) is 13.6. The summed E-state index contributed by atoms with van der Waals surface area (Å²) in [6.45, 7) is 1.49. The smallest absolute Gasteiger partial charge is 0.263 e. The quantitative estimate of drug-likeness (QED) is 0.717. The van der Waals surface area contributed by atoms with Crippen molar-refractivity contribution in [1.29, 1.82) is 0 Å². The van der Waals surface area contributed by atoms with Crippen molar-refractivity contribution in [3.05, 3.63) is 59.7 Å². The SMILES string of the molecule is NSC1CCCN(C(=O)C2CC2c2ccc(C(F)F)cc2-c2ccccc2)C1. The minimum atomic E-state index is -2.51. The molecule has 1 amide bonds. The van der Waals surface area contributed by atoms with Gasteiger partial charge < -0.3 is 4.90 Å². The normalized spacial score (nSPS) is 24.4. The zero-order valence-electron chi connectivity index (χ0n) is 15.6. The first-order valence-electron chi connectivity index (χ1n) is 9.70. The predicted octanol–water partition coefficient (Wildman–Crippen LogP) is 4.99. The van der Waals surface area contributed by atoms with Gasteiger partial charge in [0.25, 0.3) is 6.43 Å². The zero-order chi connectivity index (χ0) is 19.7. The molecule has 2 fully saturated rings. The Morgan fingerprint density at radius 2 is 1.96 bits per heavy atom. The van der Waals surface area contributed by atoms with E-state index in [4.69, 9.17) is 5.14 Å². The lowest BCUT2D eigenvalue weighted by atomic mass is 9.93. The summed E-state index contributed by atoms with van der Waals surface area (Å²) in [7, 11) is 0. The summed E-state index contributed by atoms with van der Waals surface area (Å²) in [6.07, 6.45) is 0.305. The van der Waals surface area contributed by atoms with Crippen LogP contribution in [-0.4, -0.2) is 29.1 Å². The molecule has 2 aromatic carbocycles. The Kier molecular flexibility index (Phi) is 5.69. The van der Waals surface area contributed by atoms with Crippen molar-refractivity contribution in [1.82, 2.24) is 4.90 Å². The highest BCUT2D eigenvalue weighted by Gasteiger charge is 2.47. The summed E-state index contributed by atoms with van der Waals surface area (Å²) >= 11 is 1.34. The van der Waals surface area contributed by atoms with Crippen molar-refractivity contribution in [2.45, 2.75) is 36.9 Å². The second-order valence-corrected chi connectivity index (χ2v) is 8.59.